The van der Waals surface area contributed by atoms with Gasteiger partial charge in [0.15, 0.2) is 5.69 Å². The molecule has 0 bridgehead atoms. The maximum atomic E-state index is 13.7. The van der Waals surface area contributed by atoms with Gasteiger partial charge >= 0.3 is 6.18 Å². The Kier molecular flexibility index (Phi) is 7.65. The van der Waals surface area contributed by atoms with Crippen LogP contribution in [0.3, 0.4) is 0 Å². The molecule has 0 radical (unpaired) electrons. The molecular formula is C23H25F5N6O4. The summed E-state index contributed by atoms with van der Waals surface area (Å²) in [7, 11) is 0. The number of carbonyl (C=O) groups excluding carboxylic acids is 3. The molecule has 1 saturated heterocycles. The van der Waals surface area contributed by atoms with Crippen LogP contribution in [0.25, 0.3) is 0 Å². The fourth-order valence-corrected chi connectivity index (χ4v) is 4.73. The first-order valence-corrected chi connectivity index (χ1v) is 11.9. The lowest BCUT2D eigenvalue weighted by atomic mass is 9.81. The molecule has 10 nitrogen and oxygen atoms in total. The standard InChI is InChI=1S/C23H25F5N6O4/c1-11-17(34-38-33-11)20(36)32-18(13-2-5-22(24,25)6-3-13)21(37)31-16-9-12(4-7-29-16)8-14-10-15(23(26,27)28)30-19(14)35/h4,7,9,13-15,18H,2-3,5-6,8,10H2,1H3,(H,30,35)(H,32,36)(H,29,31,37)/t14-,15-,18-/m0/s1. The highest BCUT2D eigenvalue weighted by Gasteiger charge is 2.47. The zero-order valence-electron chi connectivity index (χ0n) is 20.1. The molecule has 0 spiro atoms. The van der Waals surface area contributed by atoms with E-state index in [0.29, 0.717) is 5.56 Å². The first-order chi connectivity index (χ1) is 17.8. The van der Waals surface area contributed by atoms with Gasteiger partial charge in [-0.25, -0.2) is 18.4 Å². The van der Waals surface area contributed by atoms with E-state index in [-0.39, 0.29) is 36.5 Å². The van der Waals surface area contributed by atoms with Crippen molar-refractivity contribution in [3.63, 3.8) is 0 Å². The second-order valence-corrected chi connectivity index (χ2v) is 9.62. The molecule has 3 amide bonds. The van der Waals surface area contributed by atoms with Gasteiger partial charge in [-0.1, -0.05) is 5.16 Å². The molecule has 2 fully saturated rings. The highest BCUT2D eigenvalue weighted by atomic mass is 19.4. The van der Waals surface area contributed by atoms with E-state index in [1.54, 1.807) is 0 Å². The molecule has 2 aromatic heterocycles. The predicted octanol–water partition coefficient (Wildman–Crippen LogP) is 2.95. The Morgan fingerprint density at radius 1 is 1.24 bits per heavy atom. The van der Waals surface area contributed by atoms with Gasteiger partial charge in [-0.2, -0.15) is 13.2 Å². The highest BCUT2D eigenvalue weighted by Crippen LogP contribution is 2.38. The number of anilines is 1. The summed E-state index contributed by atoms with van der Waals surface area (Å²) in [5.41, 5.74) is 0.478. The van der Waals surface area contributed by atoms with Gasteiger partial charge in [0, 0.05) is 25.0 Å². The van der Waals surface area contributed by atoms with Crippen LogP contribution >= 0.6 is 0 Å². The molecule has 15 heteroatoms. The number of alkyl halides is 5. The van der Waals surface area contributed by atoms with Gasteiger partial charge in [0.05, 0.1) is 0 Å². The fourth-order valence-electron chi connectivity index (χ4n) is 4.73. The molecule has 2 aromatic rings. The van der Waals surface area contributed by atoms with Crippen LogP contribution in [0.4, 0.5) is 27.8 Å². The number of pyridine rings is 1. The van der Waals surface area contributed by atoms with Crippen LogP contribution < -0.4 is 16.0 Å². The molecule has 206 valence electrons. The van der Waals surface area contributed by atoms with E-state index in [2.05, 4.69) is 30.6 Å². The summed E-state index contributed by atoms with van der Waals surface area (Å²) < 4.78 is 70.9. The van der Waals surface area contributed by atoms with Crippen molar-refractivity contribution in [2.75, 3.05) is 5.32 Å². The quantitative estimate of drug-likeness (QED) is 0.456. The van der Waals surface area contributed by atoms with Crippen LogP contribution in [0.15, 0.2) is 23.0 Å². The Bertz CT molecular complexity index is 1190. The third-order valence-corrected chi connectivity index (χ3v) is 6.83. The van der Waals surface area contributed by atoms with Crippen molar-refractivity contribution < 1.29 is 41.0 Å². The average Bonchev–Trinajstić information content (AvgIpc) is 3.43. The van der Waals surface area contributed by atoms with Gasteiger partial charge in [-0.15, -0.1) is 0 Å². The maximum Gasteiger partial charge on any atom is 0.408 e. The molecule has 0 aromatic carbocycles. The van der Waals surface area contributed by atoms with Crippen LogP contribution in [-0.4, -0.2) is 57.2 Å². The third kappa shape index (κ3) is 6.42. The van der Waals surface area contributed by atoms with E-state index in [1.807, 2.05) is 5.32 Å². The number of aromatic nitrogens is 3. The molecular weight excluding hydrogens is 519 g/mol. The van der Waals surface area contributed by atoms with Crippen molar-refractivity contribution in [3.05, 3.63) is 35.3 Å². The fraction of sp³-hybridized carbons (Fsp3) is 0.565. The summed E-state index contributed by atoms with van der Waals surface area (Å²) in [6.07, 6.45) is -4.60. The van der Waals surface area contributed by atoms with Crippen LogP contribution in [-0.2, 0) is 16.0 Å². The maximum absolute atomic E-state index is 13.7. The smallest absolute Gasteiger partial charge is 0.344 e. The lowest BCUT2D eigenvalue weighted by Crippen LogP contribution is -2.50. The molecule has 1 aliphatic carbocycles. The minimum absolute atomic E-state index is 0.0138. The zero-order chi connectivity index (χ0) is 27.7. The van der Waals surface area contributed by atoms with E-state index < -0.39 is 73.0 Å². The number of nitrogens with zero attached hydrogens (tertiary/aromatic N) is 3. The third-order valence-electron chi connectivity index (χ3n) is 6.83. The second kappa shape index (κ2) is 10.6. The Hall–Kier alpha value is -3.65. The number of amides is 3. The van der Waals surface area contributed by atoms with Crippen LogP contribution in [0.1, 0.15) is 53.8 Å². The van der Waals surface area contributed by atoms with E-state index in [0.717, 1.165) is 0 Å². The van der Waals surface area contributed by atoms with Crippen LogP contribution in [0.5, 0.6) is 0 Å². The van der Waals surface area contributed by atoms with E-state index in [9.17, 15) is 36.3 Å². The number of hydrogen-bond donors (Lipinski definition) is 3. The van der Waals surface area contributed by atoms with Gasteiger partial charge in [0.1, 0.15) is 23.6 Å². The molecule has 2 aliphatic rings. The van der Waals surface area contributed by atoms with Crippen LogP contribution in [0.2, 0.25) is 0 Å². The lowest BCUT2D eigenvalue weighted by Gasteiger charge is -2.33. The summed E-state index contributed by atoms with van der Waals surface area (Å²) in [6.45, 7) is 1.47. The van der Waals surface area contributed by atoms with Gasteiger partial charge < -0.3 is 16.0 Å². The lowest BCUT2D eigenvalue weighted by molar-refractivity contribution is -0.154. The van der Waals surface area contributed by atoms with Crippen molar-refractivity contribution in [2.45, 2.75) is 69.6 Å². The first kappa shape index (κ1) is 27.4. The van der Waals surface area contributed by atoms with E-state index >= 15 is 0 Å². The van der Waals surface area contributed by atoms with Gasteiger partial charge in [0.25, 0.3) is 5.91 Å². The van der Waals surface area contributed by atoms with Gasteiger partial charge in [0.2, 0.25) is 17.7 Å². The molecule has 3 atom stereocenters. The Labute approximate surface area is 213 Å². The number of halogens is 5. The van der Waals surface area contributed by atoms with Crippen molar-refractivity contribution in [1.29, 1.82) is 0 Å². The van der Waals surface area contributed by atoms with Crippen molar-refractivity contribution >= 4 is 23.5 Å². The van der Waals surface area contributed by atoms with Crippen molar-refractivity contribution in [3.8, 4) is 0 Å². The van der Waals surface area contributed by atoms with Crippen molar-refractivity contribution in [2.24, 2.45) is 11.8 Å². The largest absolute Gasteiger partial charge is 0.408 e. The summed E-state index contributed by atoms with van der Waals surface area (Å²) in [6, 6.07) is -0.219. The average molecular weight is 544 g/mol. The molecule has 3 heterocycles. The highest BCUT2D eigenvalue weighted by molar-refractivity contribution is 6.00. The SMILES string of the molecule is Cc1nonc1C(=O)N[C@H](C(=O)Nc1cc(C[C@H]2C[C@@H](C(F)(F)F)NC2=O)ccn1)C1CCC(F)(F)CC1. The summed E-state index contributed by atoms with van der Waals surface area (Å²) in [4.78, 5) is 42.0. The normalized spacial score (nSPS) is 22.5. The number of hydrogen-bond acceptors (Lipinski definition) is 7. The molecule has 1 aliphatic heterocycles. The minimum atomic E-state index is -4.55. The predicted molar refractivity (Wildman–Crippen MR) is 120 cm³/mol. The minimum Gasteiger partial charge on any atom is -0.344 e. The monoisotopic (exact) mass is 544 g/mol. The number of aryl methyl sites for hydroxylation is 1. The molecule has 1 saturated carbocycles. The Morgan fingerprint density at radius 2 is 1.95 bits per heavy atom. The number of carbonyl (C=O) groups is 3. The number of rotatable bonds is 7. The molecule has 4 rings (SSSR count). The van der Waals surface area contributed by atoms with Gasteiger partial charge in [-0.05, 0) is 61.4 Å². The Balaban J connectivity index is 1.47. The molecule has 0 unspecified atom stereocenters. The summed E-state index contributed by atoms with van der Waals surface area (Å²) in [5, 5.41) is 14.0. The van der Waals surface area contributed by atoms with Crippen molar-refractivity contribution in [1.82, 2.24) is 25.9 Å². The number of nitrogens with one attached hydrogen (secondary N) is 3. The van der Waals surface area contributed by atoms with E-state index in [4.69, 9.17) is 0 Å². The topological polar surface area (TPSA) is 139 Å². The second-order valence-electron chi connectivity index (χ2n) is 9.62. The molecule has 3 N–H and O–H groups in total. The van der Waals surface area contributed by atoms with E-state index in [1.165, 1.54) is 25.3 Å². The van der Waals surface area contributed by atoms with Crippen LogP contribution in [0, 0.1) is 18.8 Å². The molecule has 38 heavy (non-hydrogen) atoms. The first-order valence-electron chi connectivity index (χ1n) is 11.9. The Morgan fingerprint density at radius 3 is 2.55 bits per heavy atom. The summed E-state index contributed by atoms with van der Waals surface area (Å²) in [5.74, 6) is -6.56. The zero-order valence-corrected chi connectivity index (χ0v) is 20.1. The van der Waals surface area contributed by atoms with Gasteiger partial charge in [-0.3, -0.25) is 14.4 Å². The summed E-state index contributed by atoms with van der Waals surface area (Å²) >= 11 is 0.